The molecule has 1 aliphatic rings. The molecule has 7 heteroatoms. The van der Waals surface area contributed by atoms with Crippen LogP contribution in [0.3, 0.4) is 0 Å². The molecule has 0 spiro atoms. The van der Waals surface area contributed by atoms with Crippen molar-refractivity contribution in [1.82, 2.24) is 9.88 Å². The van der Waals surface area contributed by atoms with Crippen LogP contribution in [0.15, 0.2) is 76.8 Å². The molecule has 0 saturated carbocycles. The summed E-state index contributed by atoms with van der Waals surface area (Å²) in [5.74, 6) is -1.43. The number of rotatable bonds is 5. The summed E-state index contributed by atoms with van der Waals surface area (Å²) >= 11 is 0. The van der Waals surface area contributed by atoms with Crippen molar-refractivity contribution >= 4 is 5.71 Å². The fourth-order valence-electron chi connectivity index (χ4n) is 3.38. The molecule has 1 fully saturated rings. The number of pyridine rings is 1. The molecule has 154 valence electrons. The first-order chi connectivity index (χ1) is 14.6. The highest BCUT2D eigenvalue weighted by molar-refractivity contribution is 6.12. The topological polar surface area (TPSA) is 55.6 Å². The predicted octanol–water partition coefficient (Wildman–Crippen LogP) is 3.64. The lowest BCUT2D eigenvalue weighted by molar-refractivity contribution is 0.0378. The zero-order chi connectivity index (χ0) is 20.9. The number of benzene rings is 2. The summed E-state index contributed by atoms with van der Waals surface area (Å²) < 4.78 is 29.5. The maximum Gasteiger partial charge on any atom is 0.255 e. The summed E-state index contributed by atoms with van der Waals surface area (Å²) in [7, 11) is 0. The van der Waals surface area contributed by atoms with E-state index in [0.29, 0.717) is 11.3 Å². The van der Waals surface area contributed by atoms with Gasteiger partial charge < -0.3 is 10.2 Å². The quantitative estimate of drug-likeness (QED) is 0.517. The van der Waals surface area contributed by atoms with Gasteiger partial charge in [-0.1, -0.05) is 23.4 Å². The lowest BCUT2D eigenvalue weighted by Crippen LogP contribution is -2.31. The monoisotopic (exact) mass is 409 g/mol. The molecule has 0 radical (unpaired) electrons. The molecular formula is C23H21F2N3O2. The highest BCUT2D eigenvalue weighted by Crippen LogP contribution is 2.18. The number of nitrogens with one attached hydrogen (secondary N) is 1. The minimum Gasteiger partial charge on any atom is -0.392 e. The van der Waals surface area contributed by atoms with Crippen molar-refractivity contribution < 1.29 is 13.6 Å². The second-order valence-corrected chi connectivity index (χ2v) is 7.08. The van der Waals surface area contributed by atoms with Crippen LogP contribution >= 0.6 is 0 Å². The number of aromatic nitrogens is 1. The van der Waals surface area contributed by atoms with Gasteiger partial charge in [0, 0.05) is 35.1 Å². The molecule has 4 rings (SSSR count). The van der Waals surface area contributed by atoms with E-state index in [-0.39, 0.29) is 22.9 Å². The Labute approximate surface area is 172 Å². The van der Waals surface area contributed by atoms with Crippen LogP contribution in [-0.4, -0.2) is 29.5 Å². The van der Waals surface area contributed by atoms with Gasteiger partial charge in [-0.3, -0.25) is 9.36 Å². The third kappa shape index (κ3) is 4.46. The van der Waals surface area contributed by atoms with Gasteiger partial charge in [0.1, 0.15) is 23.5 Å². The van der Waals surface area contributed by atoms with E-state index in [1.165, 1.54) is 22.8 Å². The van der Waals surface area contributed by atoms with Gasteiger partial charge in [0.25, 0.3) is 5.56 Å². The van der Waals surface area contributed by atoms with Crippen LogP contribution in [0.1, 0.15) is 24.0 Å². The number of halogens is 2. The fourth-order valence-corrected chi connectivity index (χ4v) is 3.38. The molecule has 2 heterocycles. The predicted molar refractivity (Wildman–Crippen MR) is 111 cm³/mol. The summed E-state index contributed by atoms with van der Waals surface area (Å²) in [6, 6.07) is 15.4. The molecule has 30 heavy (non-hydrogen) atoms. The summed E-state index contributed by atoms with van der Waals surface area (Å²) in [6.45, 7) is 1.64. The van der Waals surface area contributed by atoms with Crippen molar-refractivity contribution in [2.24, 2.45) is 5.16 Å². The maximum absolute atomic E-state index is 14.6. The second-order valence-electron chi connectivity index (χ2n) is 7.08. The van der Waals surface area contributed by atoms with Gasteiger partial charge in [0.2, 0.25) is 0 Å². The van der Waals surface area contributed by atoms with Gasteiger partial charge in [-0.05, 0) is 56.3 Å². The minimum absolute atomic E-state index is 0.0928. The fraction of sp³-hybridized carbons (Fsp3) is 0.217. The number of oxime groups is 1. The van der Waals surface area contributed by atoms with E-state index in [2.05, 4.69) is 10.5 Å². The first kappa shape index (κ1) is 20.0. The van der Waals surface area contributed by atoms with Gasteiger partial charge in [-0.25, -0.2) is 8.78 Å². The molecule has 0 amide bonds. The van der Waals surface area contributed by atoms with E-state index in [1.54, 1.807) is 24.4 Å². The third-order valence-electron chi connectivity index (χ3n) is 4.98. The molecular weight excluding hydrogens is 388 g/mol. The molecule has 3 aromatic rings. The van der Waals surface area contributed by atoms with E-state index in [4.69, 9.17) is 4.84 Å². The van der Waals surface area contributed by atoms with E-state index < -0.39 is 11.6 Å². The van der Waals surface area contributed by atoms with Crippen LogP contribution in [0.25, 0.3) is 5.69 Å². The summed E-state index contributed by atoms with van der Waals surface area (Å²) in [5, 5.41) is 7.50. The van der Waals surface area contributed by atoms with Crippen molar-refractivity contribution in [2.45, 2.75) is 18.9 Å². The highest BCUT2D eigenvalue weighted by Gasteiger charge is 2.18. The van der Waals surface area contributed by atoms with Gasteiger partial charge in [0.05, 0.1) is 0 Å². The summed E-state index contributed by atoms with van der Waals surface area (Å²) in [6.07, 6.45) is 3.06. The van der Waals surface area contributed by atoms with E-state index >= 15 is 0 Å². The SMILES string of the molecule is O=c1ccc(/C(=N/OC2CCNCC2)c2ccc(F)cc2F)cn1-c1ccccc1. The lowest BCUT2D eigenvalue weighted by atomic mass is 10.0. The molecule has 1 N–H and O–H groups in total. The van der Waals surface area contributed by atoms with Crippen LogP contribution in [0, 0.1) is 11.6 Å². The zero-order valence-corrected chi connectivity index (χ0v) is 16.2. The number of piperidine rings is 1. The molecule has 2 aromatic carbocycles. The number of hydrogen-bond donors (Lipinski definition) is 1. The van der Waals surface area contributed by atoms with Gasteiger partial charge in [0.15, 0.2) is 0 Å². The number of para-hydroxylation sites is 1. The molecule has 0 bridgehead atoms. The van der Waals surface area contributed by atoms with Gasteiger partial charge in [-0.2, -0.15) is 0 Å². The lowest BCUT2D eigenvalue weighted by Gasteiger charge is -2.21. The maximum atomic E-state index is 14.6. The third-order valence-corrected chi connectivity index (χ3v) is 4.98. The Kier molecular flexibility index (Phi) is 5.99. The van der Waals surface area contributed by atoms with E-state index in [1.807, 2.05) is 18.2 Å². The van der Waals surface area contributed by atoms with Gasteiger partial charge >= 0.3 is 0 Å². The standard InChI is InChI=1S/C23H21F2N3O2/c24-17-7-8-20(21(25)14-17)23(27-30-19-10-12-26-13-11-19)16-6-9-22(29)28(15-16)18-4-2-1-3-5-18/h1-9,14-15,19,26H,10-13H2/b27-23-. The average Bonchev–Trinajstić information content (AvgIpc) is 2.77. The van der Waals surface area contributed by atoms with Crippen molar-refractivity contribution in [1.29, 1.82) is 0 Å². The van der Waals surface area contributed by atoms with Gasteiger partial charge in [-0.15, -0.1) is 0 Å². The number of hydrogen-bond acceptors (Lipinski definition) is 4. The average molecular weight is 409 g/mol. The molecule has 1 saturated heterocycles. The van der Waals surface area contributed by atoms with Crippen molar-refractivity contribution in [3.63, 3.8) is 0 Å². The first-order valence-electron chi connectivity index (χ1n) is 9.80. The number of nitrogens with zero attached hydrogens (tertiary/aromatic N) is 2. The Morgan fingerprint density at radius 2 is 1.80 bits per heavy atom. The normalized spacial score (nSPS) is 15.2. The zero-order valence-electron chi connectivity index (χ0n) is 16.2. The Morgan fingerprint density at radius 1 is 1.03 bits per heavy atom. The molecule has 0 aliphatic carbocycles. The summed E-state index contributed by atoms with van der Waals surface area (Å²) in [4.78, 5) is 18.1. The molecule has 0 atom stereocenters. The van der Waals surface area contributed by atoms with Crippen molar-refractivity contribution in [3.8, 4) is 5.69 Å². The van der Waals surface area contributed by atoms with Crippen LogP contribution < -0.4 is 10.9 Å². The Hall–Kier alpha value is -3.32. The summed E-state index contributed by atoms with van der Waals surface area (Å²) in [5.41, 5.74) is 1.22. The Morgan fingerprint density at radius 3 is 2.53 bits per heavy atom. The van der Waals surface area contributed by atoms with E-state index in [9.17, 15) is 13.6 Å². The van der Waals surface area contributed by atoms with E-state index in [0.717, 1.165) is 32.0 Å². The van der Waals surface area contributed by atoms with Crippen LogP contribution in [0.2, 0.25) is 0 Å². The molecule has 1 aliphatic heterocycles. The minimum atomic E-state index is -0.750. The van der Waals surface area contributed by atoms with Crippen LogP contribution in [0.5, 0.6) is 0 Å². The largest absolute Gasteiger partial charge is 0.392 e. The van der Waals surface area contributed by atoms with Crippen LogP contribution in [-0.2, 0) is 4.84 Å². The Bertz CT molecular complexity index is 1110. The molecule has 5 nitrogen and oxygen atoms in total. The Balaban J connectivity index is 1.78. The highest BCUT2D eigenvalue weighted by atomic mass is 19.1. The van der Waals surface area contributed by atoms with Crippen molar-refractivity contribution in [3.05, 3.63) is 100.0 Å². The van der Waals surface area contributed by atoms with Crippen molar-refractivity contribution in [2.75, 3.05) is 13.1 Å². The first-order valence-corrected chi connectivity index (χ1v) is 9.80. The molecule has 1 aromatic heterocycles. The van der Waals surface area contributed by atoms with Crippen LogP contribution in [0.4, 0.5) is 8.78 Å². The smallest absolute Gasteiger partial charge is 0.255 e. The molecule has 0 unspecified atom stereocenters. The second kappa shape index (κ2) is 9.00.